The number of fused-ring (bicyclic) bond motifs is 1. The van der Waals surface area contributed by atoms with E-state index in [1.54, 1.807) is 41.3 Å². The number of Topliss-reactive ketones (excluding diaryl/α,β-unsaturated/α-hetero) is 2. The number of nitrogens with zero attached hydrogens (tertiary/aromatic N) is 1. The van der Waals surface area contributed by atoms with Crippen LogP contribution in [-0.2, 0) is 10.0 Å². The fraction of sp³-hybridized carbons (Fsp3) is 0.200. The topological polar surface area (TPSA) is 83.6 Å². The number of hydrogen-bond acceptors (Lipinski definition) is 5. The average Bonchev–Trinajstić information content (AvgIpc) is 3.20. The molecule has 1 aliphatic heterocycles. The van der Waals surface area contributed by atoms with Gasteiger partial charge in [-0.1, -0.05) is 40.2 Å². The predicted octanol–water partition coefficient (Wildman–Crippen LogP) is 3.11. The summed E-state index contributed by atoms with van der Waals surface area (Å²) in [5.74, 6) is -0.816. The molecule has 0 atom stereocenters. The van der Waals surface area contributed by atoms with Gasteiger partial charge in [-0.25, -0.2) is 8.42 Å². The predicted molar refractivity (Wildman–Crippen MR) is 107 cm³/mol. The Morgan fingerprint density at radius 1 is 0.857 bits per heavy atom. The Kier molecular flexibility index (Phi) is 4.84. The van der Waals surface area contributed by atoms with Gasteiger partial charge in [0.15, 0.2) is 0 Å². The fourth-order valence-electron chi connectivity index (χ4n) is 3.51. The standard InChI is InChI=1S/C20H17BrN2O4S/c21-13-7-9-14(10-8-13)28(26,27)22-17-18(23-11-3-4-12-23)20(25)16-6-2-1-5-15(16)19(17)24/h1-2,5-10,22H,3-4,11-12H2. The van der Waals surface area contributed by atoms with E-state index in [0.29, 0.717) is 18.7 Å². The molecular formula is C20H17BrN2O4S. The zero-order valence-corrected chi connectivity index (χ0v) is 17.2. The first-order valence-corrected chi connectivity index (χ1v) is 11.1. The quantitative estimate of drug-likeness (QED) is 0.757. The third kappa shape index (κ3) is 3.27. The number of carbonyl (C=O) groups is 2. The molecule has 28 heavy (non-hydrogen) atoms. The van der Waals surface area contributed by atoms with Crippen LogP contribution in [0.4, 0.5) is 0 Å². The number of allylic oxidation sites excluding steroid dienone is 2. The van der Waals surface area contributed by atoms with E-state index in [2.05, 4.69) is 20.7 Å². The van der Waals surface area contributed by atoms with E-state index in [-0.39, 0.29) is 27.6 Å². The van der Waals surface area contributed by atoms with Crippen LogP contribution in [0.15, 0.2) is 69.3 Å². The first-order chi connectivity index (χ1) is 13.4. The second-order valence-electron chi connectivity index (χ2n) is 6.68. The lowest BCUT2D eigenvalue weighted by Gasteiger charge is -2.28. The minimum absolute atomic E-state index is 0.0167. The molecule has 6 nitrogen and oxygen atoms in total. The maximum absolute atomic E-state index is 13.1. The van der Waals surface area contributed by atoms with Gasteiger partial charge in [0.05, 0.1) is 4.90 Å². The molecule has 1 N–H and O–H groups in total. The number of benzene rings is 2. The van der Waals surface area contributed by atoms with Gasteiger partial charge in [-0.2, -0.15) is 0 Å². The largest absolute Gasteiger partial charge is 0.367 e. The van der Waals surface area contributed by atoms with Gasteiger partial charge in [0.1, 0.15) is 11.4 Å². The smallest absolute Gasteiger partial charge is 0.262 e. The summed E-state index contributed by atoms with van der Waals surface area (Å²) in [5, 5.41) is 0. The third-order valence-electron chi connectivity index (χ3n) is 4.88. The van der Waals surface area contributed by atoms with Crippen molar-refractivity contribution in [3.63, 3.8) is 0 Å². The number of nitrogens with one attached hydrogen (secondary N) is 1. The van der Waals surface area contributed by atoms with E-state index in [4.69, 9.17) is 0 Å². The SMILES string of the molecule is O=C1C(NS(=O)(=O)c2ccc(Br)cc2)=C(N2CCCC2)C(=O)c2ccccc21. The van der Waals surface area contributed by atoms with Crippen molar-refractivity contribution >= 4 is 37.5 Å². The Labute approximate surface area is 171 Å². The van der Waals surface area contributed by atoms with Crippen LogP contribution in [0.2, 0.25) is 0 Å². The van der Waals surface area contributed by atoms with Gasteiger partial charge in [-0.15, -0.1) is 0 Å². The summed E-state index contributed by atoms with van der Waals surface area (Å²) in [5.41, 5.74) is 0.486. The Morgan fingerprint density at radius 3 is 2.04 bits per heavy atom. The van der Waals surface area contributed by atoms with Crippen LogP contribution in [0.3, 0.4) is 0 Å². The van der Waals surface area contributed by atoms with Crippen LogP contribution in [0.25, 0.3) is 0 Å². The number of hydrogen-bond donors (Lipinski definition) is 1. The molecule has 1 heterocycles. The highest BCUT2D eigenvalue weighted by Crippen LogP contribution is 2.30. The van der Waals surface area contributed by atoms with Crippen molar-refractivity contribution in [2.45, 2.75) is 17.7 Å². The highest BCUT2D eigenvalue weighted by atomic mass is 79.9. The molecule has 0 aromatic heterocycles. The number of likely N-dealkylation sites (tertiary alicyclic amines) is 1. The zero-order valence-electron chi connectivity index (χ0n) is 14.8. The first-order valence-electron chi connectivity index (χ1n) is 8.84. The van der Waals surface area contributed by atoms with E-state index in [1.807, 2.05) is 0 Å². The molecule has 0 bridgehead atoms. The molecule has 2 aromatic rings. The molecule has 1 aliphatic carbocycles. The molecular weight excluding hydrogens is 444 g/mol. The highest BCUT2D eigenvalue weighted by molar-refractivity contribution is 9.10. The Morgan fingerprint density at radius 2 is 1.43 bits per heavy atom. The Bertz CT molecular complexity index is 1100. The van der Waals surface area contributed by atoms with Crippen LogP contribution in [0, 0.1) is 0 Å². The molecule has 0 amide bonds. The highest BCUT2D eigenvalue weighted by Gasteiger charge is 2.37. The van der Waals surface area contributed by atoms with E-state index in [0.717, 1.165) is 17.3 Å². The van der Waals surface area contributed by atoms with Crippen molar-refractivity contribution in [3.05, 3.63) is 75.5 Å². The van der Waals surface area contributed by atoms with E-state index in [1.165, 1.54) is 12.1 Å². The summed E-state index contributed by atoms with van der Waals surface area (Å²) in [6, 6.07) is 12.6. The van der Waals surface area contributed by atoms with Crippen molar-refractivity contribution in [2.24, 2.45) is 0 Å². The summed E-state index contributed by atoms with van der Waals surface area (Å²) in [4.78, 5) is 28.1. The molecule has 4 rings (SSSR count). The van der Waals surface area contributed by atoms with E-state index < -0.39 is 15.8 Å². The molecule has 0 saturated carbocycles. The molecule has 1 saturated heterocycles. The van der Waals surface area contributed by atoms with Gasteiger partial charge in [0.25, 0.3) is 10.0 Å². The van der Waals surface area contributed by atoms with Crippen LogP contribution < -0.4 is 4.72 Å². The van der Waals surface area contributed by atoms with E-state index >= 15 is 0 Å². The second-order valence-corrected chi connectivity index (χ2v) is 9.28. The van der Waals surface area contributed by atoms with Gasteiger partial charge < -0.3 is 4.90 Å². The zero-order chi connectivity index (χ0) is 19.9. The molecule has 0 radical (unpaired) electrons. The van der Waals surface area contributed by atoms with Gasteiger partial charge in [0, 0.05) is 28.7 Å². The van der Waals surface area contributed by atoms with Crippen molar-refractivity contribution in [1.29, 1.82) is 0 Å². The maximum Gasteiger partial charge on any atom is 0.262 e. The molecule has 144 valence electrons. The molecule has 2 aromatic carbocycles. The summed E-state index contributed by atoms with van der Waals surface area (Å²) in [6.45, 7) is 1.22. The lowest BCUT2D eigenvalue weighted by molar-refractivity contribution is 0.0943. The van der Waals surface area contributed by atoms with Crippen molar-refractivity contribution in [3.8, 4) is 0 Å². The van der Waals surface area contributed by atoms with Crippen LogP contribution >= 0.6 is 15.9 Å². The second kappa shape index (κ2) is 7.18. The Balaban J connectivity index is 1.83. The average molecular weight is 461 g/mol. The fourth-order valence-corrected chi connectivity index (χ4v) is 4.84. The number of ketones is 2. The van der Waals surface area contributed by atoms with Crippen LogP contribution in [0.1, 0.15) is 33.6 Å². The first kappa shape index (κ1) is 18.9. The number of carbonyl (C=O) groups excluding carboxylic acids is 2. The van der Waals surface area contributed by atoms with Crippen LogP contribution in [0.5, 0.6) is 0 Å². The van der Waals surface area contributed by atoms with Gasteiger partial charge in [-0.05, 0) is 37.1 Å². The lowest BCUT2D eigenvalue weighted by Crippen LogP contribution is -2.39. The van der Waals surface area contributed by atoms with Crippen molar-refractivity contribution in [2.75, 3.05) is 13.1 Å². The number of halogens is 1. The minimum Gasteiger partial charge on any atom is -0.367 e. The normalized spacial score (nSPS) is 17.1. The molecule has 0 spiro atoms. The van der Waals surface area contributed by atoms with Crippen molar-refractivity contribution < 1.29 is 18.0 Å². The molecule has 8 heteroatoms. The van der Waals surface area contributed by atoms with E-state index in [9.17, 15) is 18.0 Å². The molecule has 1 fully saturated rings. The summed E-state index contributed by atoms with van der Waals surface area (Å²) in [6.07, 6.45) is 1.78. The monoisotopic (exact) mass is 460 g/mol. The van der Waals surface area contributed by atoms with Crippen LogP contribution in [-0.4, -0.2) is 38.0 Å². The number of sulfonamides is 1. The summed E-state index contributed by atoms with van der Waals surface area (Å²) >= 11 is 3.27. The lowest BCUT2D eigenvalue weighted by atomic mass is 9.90. The molecule has 2 aliphatic rings. The summed E-state index contributed by atoms with van der Waals surface area (Å²) < 4.78 is 28.9. The molecule has 0 unspecified atom stereocenters. The van der Waals surface area contributed by atoms with Gasteiger partial charge in [-0.3, -0.25) is 14.3 Å². The maximum atomic E-state index is 13.1. The van der Waals surface area contributed by atoms with Crippen molar-refractivity contribution in [1.82, 2.24) is 9.62 Å². The van der Waals surface area contributed by atoms with Gasteiger partial charge >= 0.3 is 0 Å². The third-order valence-corrected chi connectivity index (χ3v) is 6.77. The summed E-state index contributed by atoms with van der Waals surface area (Å²) in [7, 11) is -4.03. The number of rotatable bonds is 4. The minimum atomic E-state index is -4.03. The van der Waals surface area contributed by atoms with Gasteiger partial charge in [0.2, 0.25) is 11.6 Å². The Hall–Kier alpha value is -2.45.